The number of carbonyl (C=O) groups excluding carboxylic acids is 1. The highest BCUT2D eigenvalue weighted by Gasteiger charge is 2.46. The van der Waals surface area contributed by atoms with Crippen LogP contribution < -0.4 is 0 Å². The summed E-state index contributed by atoms with van der Waals surface area (Å²) in [6, 6.07) is 14.3. The number of benzene rings is 1. The first-order chi connectivity index (χ1) is 11.8. The smallest absolute Gasteiger partial charge is 0.254 e. The predicted octanol–water partition coefficient (Wildman–Crippen LogP) is 2.96. The van der Waals surface area contributed by atoms with Crippen molar-refractivity contribution in [3.63, 3.8) is 0 Å². The summed E-state index contributed by atoms with van der Waals surface area (Å²) in [4.78, 5) is 21.4. The fraction of sp³-hybridized carbons (Fsp3) is 0.400. The number of likely N-dealkylation sites (tertiary alicyclic amines) is 2. The lowest BCUT2D eigenvalue weighted by Crippen LogP contribution is -2.46. The molecular formula is C20H23N3O. The van der Waals surface area contributed by atoms with Crippen LogP contribution in [0.1, 0.15) is 35.2 Å². The largest absolute Gasteiger partial charge is 0.337 e. The lowest BCUT2D eigenvalue weighted by molar-refractivity contribution is 0.0741. The zero-order chi connectivity index (χ0) is 16.4. The topological polar surface area (TPSA) is 36.4 Å². The zero-order valence-electron chi connectivity index (χ0n) is 13.9. The van der Waals surface area contributed by atoms with Gasteiger partial charge in [-0.1, -0.05) is 30.3 Å². The van der Waals surface area contributed by atoms with E-state index in [4.69, 9.17) is 0 Å². The Balaban J connectivity index is 1.48. The van der Waals surface area contributed by atoms with Gasteiger partial charge < -0.3 is 4.90 Å². The van der Waals surface area contributed by atoms with Crippen LogP contribution in [0, 0.1) is 0 Å². The number of aromatic nitrogens is 1. The van der Waals surface area contributed by atoms with Gasteiger partial charge in [-0.05, 0) is 43.5 Å². The van der Waals surface area contributed by atoms with Crippen LogP contribution in [-0.4, -0.2) is 45.9 Å². The van der Waals surface area contributed by atoms with Gasteiger partial charge in [-0.15, -0.1) is 0 Å². The van der Waals surface area contributed by atoms with Gasteiger partial charge in [-0.3, -0.25) is 14.7 Å². The summed E-state index contributed by atoms with van der Waals surface area (Å²) in [5, 5.41) is 0. The summed E-state index contributed by atoms with van der Waals surface area (Å²) in [6.45, 7) is 3.82. The number of amides is 1. The van der Waals surface area contributed by atoms with E-state index in [1.54, 1.807) is 12.4 Å². The van der Waals surface area contributed by atoms with Gasteiger partial charge in [0.15, 0.2) is 0 Å². The molecule has 0 aliphatic carbocycles. The van der Waals surface area contributed by atoms with Gasteiger partial charge in [0.25, 0.3) is 5.91 Å². The first-order valence-corrected chi connectivity index (χ1v) is 8.75. The minimum absolute atomic E-state index is 0.140. The Hall–Kier alpha value is -2.20. The second-order valence-electron chi connectivity index (χ2n) is 6.95. The Bertz CT molecular complexity index is 703. The third kappa shape index (κ3) is 2.82. The SMILES string of the molecule is O=C(c1ccncc1)N1CC[C@]2(CCCN2Cc2ccccc2)C1. The van der Waals surface area contributed by atoms with Crippen molar-refractivity contribution in [2.24, 2.45) is 0 Å². The maximum absolute atomic E-state index is 12.7. The summed E-state index contributed by atoms with van der Waals surface area (Å²) >= 11 is 0. The van der Waals surface area contributed by atoms with Gasteiger partial charge in [0.05, 0.1) is 0 Å². The first-order valence-electron chi connectivity index (χ1n) is 8.75. The number of rotatable bonds is 3. The summed E-state index contributed by atoms with van der Waals surface area (Å²) in [7, 11) is 0. The van der Waals surface area contributed by atoms with Crippen molar-refractivity contribution in [2.45, 2.75) is 31.3 Å². The Labute approximate surface area is 143 Å². The number of pyridine rings is 1. The van der Waals surface area contributed by atoms with E-state index >= 15 is 0 Å². The molecule has 4 nitrogen and oxygen atoms in total. The van der Waals surface area contributed by atoms with Crippen molar-refractivity contribution in [3.8, 4) is 0 Å². The van der Waals surface area contributed by atoms with Crippen LogP contribution in [0.4, 0.5) is 0 Å². The molecule has 0 bridgehead atoms. The zero-order valence-corrected chi connectivity index (χ0v) is 13.9. The molecule has 0 saturated carbocycles. The van der Waals surface area contributed by atoms with Gasteiger partial charge >= 0.3 is 0 Å². The second-order valence-corrected chi connectivity index (χ2v) is 6.95. The Morgan fingerprint density at radius 3 is 2.62 bits per heavy atom. The van der Waals surface area contributed by atoms with Gasteiger partial charge in [-0.2, -0.15) is 0 Å². The number of carbonyl (C=O) groups is 1. The highest BCUT2D eigenvalue weighted by Crippen LogP contribution is 2.39. The molecule has 1 aromatic carbocycles. The molecule has 2 aliphatic heterocycles. The molecule has 4 heteroatoms. The van der Waals surface area contributed by atoms with Crippen molar-refractivity contribution in [1.29, 1.82) is 0 Å². The van der Waals surface area contributed by atoms with E-state index in [9.17, 15) is 4.79 Å². The van der Waals surface area contributed by atoms with Gasteiger partial charge in [0.2, 0.25) is 0 Å². The predicted molar refractivity (Wildman–Crippen MR) is 93.6 cm³/mol. The molecule has 124 valence electrons. The molecule has 1 amide bonds. The first kappa shape index (κ1) is 15.3. The average Bonchev–Trinajstić information content (AvgIpc) is 3.24. The van der Waals surface area contributed by atoms with Crippen molar-refractivity contribution < 1.29 is 4.79 Å². The van der Waals surface area contributed by atoms with Crippen molar-refractivity contribution in [3.05, 3.63) is 66.0 Å². The molecule has 2 aromatic rings. The van der Waals surface area contributed by atoms with Crippen LogP contribution in [0.2, 0.25) is 0 Å². The normalized spacial score (nSPS) is 23.9. The number of hydrogen-bond acceptors (Lipinski definition) is 3. The molecule has 3 heterocycles. The van der Waals surface area contributed by atoms with Gasteiger partial charge in [0.1, 0.15) is 0 Å². The molecule has 2 aliphatic rings. The van der Waals surface area contributed by atoms with Crippen molar-refractivity contribution in [1.82, 2.24) is 14.8 Å². The van der Waals surface area contributed by atoms with Crippen molar-refractivity contribution >= 4 is 5.91 Å². The lowest BCUT2D eigenvalue weighted by atomic mass is 9.94. The fourth-order valence-corrected chi connectivity index (χ4v) is 4.21. The maximum atomic E-state index is 12.7. The molecule has 1 spiro atoms. The minimum Gasteiger partial charge on any atom is -0.337 e. The molecule has 1 atom stereocenters. The van der Waals surface area contributed by atoms with Crippen LogP contribution >= 0.6 is 0 Å². The Kier molecular flexibility index (Phi) is 4.07. The minimum atomic E-state index is 0.140. The van der Waals surface area contributed by atoms with Crippen LogP contribution in [0.25, 0.3) is 0 Å². The molecular weight excluding hydrogens is 298 g/mol. The monoisotopic (exact) mass is 321 g/mol. The van der Waals surface area contributed by atoms with E-state index < -0.39 is 0 Å². The van der Waals surface area contributed by atoms with E-state index in [1.165, 1.54) is 18.4 Å². The highest BCUT2D eigenvalue weighted by molar-refractivity contribution is 5.94. The second kappa shape index (κ2) is 6.36. The maximum Gasteiger partial charge on any atom is 0.254 e. The fourth-order valence-electron chi connectivity index (χ4n) is 4.21. The lowest BCUT2D eigenvalue weighted by Gasteiger charge is -2.35. The quantitative estimate of drug-likeness (QED) is 0.872. The highest BCUT2D eigenvalue weighted by atomic mass is 16.2. The molecule has 24 heavy (non-hydrogen) atoms. The van der Waals surface area contributed by atoms with Crippen LogP contribution in [0.3, 0.4) is 0 Å². The molecule has 2 saturated heterocycles. The molecule has 1 aromatic heterocycles. The molecule has 0 N–H and O–H groups in total. The van der Waals surface area contributed by atoms with Crippen LogP contribution in [0.5, 0.6) is 0 Å². The molecule has 0 unspecified atom stereocenters. The summed E-state index contributed by atoms with van der Waals surface area (Å²) in [5.74, 6) is 0.140. The number of hydrogen-bond donors (Lipinski definition) is 0. The Morgan fingerprint density at radius 1 is 1.04 bits per heavy atom. The molecule has 4 rings (SSSR count). The van der Waals surface area contributed by atoms with Crippen molar-refractivity contribution in [2.75, 3.05) is 19.6 Å². The van der Waals surface area contributed by atoms with Crippen LogP contribution in [-0.2, 0) is 6.54 Å². The van der Waals surface area contributed by atoms with E-state index in [-0.39, 0.29) is 11.4 Å². The van der Waals surface area contributed by atoms with Crippen LogP contribution in [0.15, 0.2) is 54.9 Å². The van der Waals surface area contributed by atoms with E-state index in [2.05, 4.69) is 40.2 Å². The van der Waals surface area contributed by atoms with Gasteiger partial charge in [-0.25, -0.2) is 0 Å². The van der Waals surface area contributed by atoms with E-state index in [0.29, 0.717) is 0 Å². The van der Waals surface area contributed by atoms with E-state index in [0.717, 1.165) is 38.2 Å². The molecule has 2 fully saturated rings. The average molecular weight is 321 g/mol. The third-order valence-corrected chi connectivity index (χ3v) is 5.50. The third-order valence-electron chi connectivity index (χ3n) is 5.50. The standard InChI is InChI=1S/C20H23N3O/c24-19(18-7-11-21-12-8-18)22-14-10-20(16-22)9-4-13-23(20)15-17-5-2-1-3-6-17/h1-3,5-8,11-12H,4,9-10,13-16H2/t20-/m1/s1. The summed E-state index contributed by atoms with van der Waals surface area (Å²) in [6.07, 6.45) is 6.88. The summed E-state index contributed by atoms with van der Waals surface area (Å²) < 4.78 is 0. The number of nitrogens with zero attached hydrogens (tertiary/aromatic N) is 3. The summed E-state index contributed by atoms with van der Waals surface area (Å²) in [5.41, 5.74) is 2.27. The van der Waals surface area contributed by atoms with Gasteiger partial charge in [0, 0.05) is 43.1 Å². The van der Waals surface area contributed by atoms with E-state index in [1.807, 2.05) is 17.0 Å². The molecule has 0 radical (unpaired) electrons. The Morgan fingerprint density at radius 2 is 1.83 bits per heavy atom.